The molecule has 0 aromatic heterocycles. The van der Waals surface area contributed by atoms with Crippen LogP contribution in [0.2, 0.25) is 0 Å². The molecule has 0 spiro atoms. The maximum absolute atomic E-state index is 8.98. The number of aryl methyl sites for hydroxylation is 2. The van der Waals surface area contributed by atoms with Crippen molar-refractivity contribution in [3.8, 4) is 0 Å². The van der Waals surface area contributed by atoms with E-state index in [0.717, 1.165) is 6.42 Å². The van der Waals surface area contributed by atoms with E-state index >= 15 is 0 Å². The number of hydrogen-bond acceptors (Lipinski definition) is 1. The number of rotatable bonds is 3. The molecule has 1 N–H and O–H groups in total. The molecule has 1 atom stereocenters. The third kappa shape index (κ3) is 2.56. The van der Waals surface area contributed by atoms with Gasteiger partial charge in [0.25, 0.3) is 0 Å². The fourth-order valence-corrected chi connectivity index (χ4v) is 1.58. The quantitative estimate of drug-likeness (QED) is 0.754. The van der Waals surface area contributed by atoms with Crippen LogP contribution in [-0.2, 0) is 6.42 Å². The molecule has 0 heterocycles. The Bertz CT molecular complexity index is 258. The van der Waals surface area contributed by atoms with Crippen molar-refractivity contribution in [3.63, 3.8) is 0 Å². The number of benzene rings is 1. The van der Waals surface area contributed by atoms with E-state index in [4.69, 9.17) is 5.11 Å². The van der Waals surface area contributed by atoms with Crippen LogP contribution in [0.25, 0.3) is 0 Å². The lowest BCUT2D eigenvalue weighted by atomic mass is 9.94. The summed E-state index contributed by atoms with van der Waals surface area (Å²) >= 11 is 0. The minimum atomic E-state index is 0.272. The fourth-order valence-electron chi connectivity index (χ4n) is 1.58. The van der Waals surface area contributed by atoms with Gasteiger partial charge in [-0.3, -0.25) is 0 Å². The van der Waals surface area contributed by atoms with Gasteiger partial charge in [-0.2, -0.15) is 0 Å². The third-order valence-electron chi connectivity index (χ3n) is 2.51. The molecule has 0 saturated heterocycles. The SMILES string of the molecule is Cc1cccc(C)c1CC(C)CO. The minimum absolute atomic E-state index is 0.272. The van der Waals surface area contributed by atoms with Gasteiger partial charge in [0, 0.05) is 6.61 Å². The van der Waals surface area contributed by atoms with Gasteiger partial charge in [-0.25, -0.2) is 0 Å². The van der Waals surface area contributed by atoms with Crippen LogP contribution in [0.3, 0.4) is 0 Å². The Morgan fingerprint density at radius 2 is 1.77 bits per heavy atom. The summed E-state index contributed by atoms with van der Waals surface area (Å²) in [5, 5.41) is 8.98. The van der Waals surface area contributed by atoms with Crippen LogP contribution >= 0.6 is 0 Å². The van der Waals surface area contributed by atoms with Crippen molar-refractivity contribution in [2.75, 3.05) is 6.61 Å². The highest BCUT2D eigenvalue weighted by atomic mass is 16.3. The first-order valence-electron chi connectivity index (χ1n) is 4.81. The monoisotopic (exact) mass is 178 g/mol. The highest BCUT2D eigenvalue weighted by Gasteiger charge is 2.06. The van der Waals surface area contributed by atoms with Gasteiger partial charge in [-0.1, -0.05) is 25.1 Å². The van der Waals surface area contributed by atoms with Crippen molar-refractivity contribution in [1.29, 1.82) is 0 Å². The largest absolute Gasteiger partial charge is 0.396 e. The zero-order valence-electron chi connectivity index (χ0n) is 8.67. The average molecular weight is 178 g/mol. The maximum Gasteiger partial charge on any atom is 0.0459 e. The van der Waals surface area contributed by atoms with Crippen LogP contribution in [0.15, 0.2) is 18.2 Å². The summed E-state index contributed by atoms with van der Waals surface area (Å²) in [6.45, 7) is 6.61. The Hall–Kier alpha value is -0.820. The predicted octanol–water partition coefficient (Wildman–Crippen LogP) is 2.47. The molecule has 1 heteroatoms. The molecule has 0 bridgehead atoms. The van der Waals surface area contributed by atoms with E-state index in [1.165, 1.54) is 16.7 Å². The van der Waals surface area contributed by atoms with Crippen LogP contribution < -0.4 is 0 Å². The molecule has 1 rings (SSSR count). The number of aliphatic hydroxyl groups excluding tert-OH is 1. The summed E-state index contributed by atoms with van der Waals surface area (Å²) in [5.74, 6) is 0.361. The number of hydrogen-bond donors (Lipinski definition) is 1. The molecule has 1 aromatic carbocycles. The van der Waals surface area contributed by atoms with Crippen LogP contribution in [0, 0.1) is 19.8 Å². The van der Waals surface area contributed by atoms with Gasteiger partial charge >= 0.3 is 0 Å². The van der Waals surface area contributed by atoms with Crippen molar-refractivity contribution in [3.05, 3.63) is 34.9 Å². The second kappa shape index (κ2) is 4.43. The average Bonchev–Trinajstić information content (AvgIpc) is 2.11. The Morgan fingerprint density at radius 3 is 2.23 bits per heavy atom. The molecule has 0 saturated carbocycles. The minimum Gasteiger partial charge on any atom is -0.396 e. The van der Waals surface area contributed by atoms with Gasteiger partial charge < -0.3 is 5.11 Å². The van der Waals surface area contributed by atoms with E-state index in [2.05, 4.69) is 39.0 Å². The van der Waals surface area contributed by atoms with Crippen LogP contribution in [0.1, 0.15) is 23.6 Å². The normalized spacial score (nSPS) is 12.9. The molecule has 1 unspecified atom stereocenters. The lowest BCUT2D eigenvalue weighted by molar-refractivity contribution is 0.237. The van der Waals surface area contributed by atoms with Gasteiger partial charge in [0.15, 0.2) is 0 Å². The second-order valence-electron chi connectivity index (χ2n) is 3.86. The van der Waals surface area contributed by atoms with Gasteiger partial charge in [-0.15, -0.1) is 0 Å². The smallest absolute Gasteiger partial charge is 0.0459 e. The van der Waals surface area contributed by atoms with Crippen LogP contribution in [0.4, 0.5) is 0 Å². The third-order valence-corrected chi connectivity index (χ3v) is 2.51. The molecule has 0 fully saturated rings. The standard InChI is InChI=1S/C12H18O/c1-9(8-13)7-12-10(2)5-4-6-11(12)3/h4-6,9,13H,7-8H2,1-3H3. The van der Waals surface area contributed by atoms with Crippen molar-refractivity contribution in [2.45, 2.75) is 27.2 Å². The highest BCUT2D eigenvalue weighted by molar-refractivity contribution is 5.33. The summed E-state index contributed by atoms with van der Waals surface area (Å²) < 4.78 is 0. The van der Waals surface area contributed by atoms with E-state index in [1.807, 2.05) is 0 Å². The van der Waals surface area contributed by atoms with Gasteiger partial charge in [0.1, 0.15) is 0 Å². The first kappa shape index (κ1) is 10.3. The molecule has 0 amide bonds. The Kier molecular flexibility index (Phi) is 3.49. The summed E-state index contributed by atoms with van der Waals surface area (Å²) in [7, 11) is 0. The van der Waals surface area contributed by atoms with Crippen molar-refractivity contribution < 1.29 is 5.11 Å². The molecule has 0 aliphatic rings. The Balaban J connectivity index is 2.87. The summed E-state index contributed by atoms with van der Waals surface area (Å²) in [5.41, 5.74) is 4.06. The van der Waals surface area contributed by atoms with Crippen LogP contribution in [-0.4, -0.2) is 11.7 Å². The molecular weight excluding hydrogens is 160 g/mol. The van der Waals surface area contributed by atoms with E-state index in [-0.39, 0.29) is 6.61 Å². The second-order valence-corrected chi connectivity index (χ2v) is 3.86. The molecule has 1 aromatic rings. The Labute approximate surface area is 80.4 Å². The van der Waals surface area contributed by atoms with Crippen molar-refractivity contribution >= 4 is 0 Å². The molecule has 0 radical (unpaired) electrons. The predicted molar refractivity (Wildman–Crippen MR) is 55.9 cm³/mol. The fraction of sp³-hybridized carbons (Fsp3) is 0.500. The number of aliphatic hydroxyl groups is 1. The van der Waals surface area contributed by atoms with E-state index in [9.17, 15) is 0 Å². The maximum atomic E-state index is 8.98. The molecule has 0 aliphatic heterocycles. The zero-order chi connectivity index (χ0) is 9.84. The first-order chi connectivity index (χ1) is 6.15. The molecule has 0 aliphatic carbocycles. The van der Waals surface area contributed by atoms with E-state index in [0.29, 0.717) is 5.92 Å². The van der Waals surface area contributed by atoms with E-state index < -0.39 is 0 Å². The lowest BCUT2D eigenvalue weighted by Gasteiger charge is -2.13. The summed E-state index contributed by atoms with van der Waals surface area (Å²) in [4.78, 5) is 0. The highest BCUT2D eigenvalue weighted by Crippen LogP contribution is 2.17. The van der Waals surface area contributed by atoms with Gasteiger partial charge in [0.05, 0.1) is 0 Å². The van der Waals surface area contributed by atoms with Crippen LogP contribution in [0.5, 0.6) is 0 Å². The molecule has 72 valence electrons. The Morgan fingerprint density at radius 1 is 1.23 bits per heavy atom. The van der Waals surface area contributed by atoms with Crippen molar-refractivity contribution in [2.24, 2.45) is 5.92 Å². The lowest BCUT2D eigenvalue weighted by Crippen LogP contribution is -2.07. The summed E-state index contributed by atoms with van der Waals surface area (Å²) in [6, 6.07) is 6.34. The summed E-state index contributed by atoms with van der Waals surface area (Å²) in [6.07, 6.45) is 0.981. The topological polar surface area (TPSA) is 20.2 Å². The van der Waals surface area contributed by atoms with Gasteiger partial charge in [0.2, 0.25) is 0 Å². The molecule has 1 nitrogen and oxygen atoms in total. The molecular formula is C12H18O. The zero-order valence-corrected chi connectivity index (χ0v) is 8.67. The van der Waals surface area contributed by atoms with Gasteiger partial charge in [-0.05, 0) is 42.9 Å². The van der Waals surface area contributed by atoms with Crippen molar-refractivity contribution in [1.82, 2.24) is 0 Å². The first-order valence-corrected chi connectivity index (χ1v) is 4.81. The van der Waals surface area contributed by atoms with E-state index in [1.54, 1.807) is 0 Å². The molecule has 13 heavy (non-hydrogen) atoms.